The molecule has 1 saturated heterocycles. The van der Waals surface area contributed by atoms with E-state index in [1.165, 1.54) is 11.1 Å². The van der Waals surface area contributed by atoms with Crippen molar-refractivity contribution in [3.8, 4) is 0 Å². The van der Waals surface area contributed by atoms with E-state index in [2.05, 4.69) is 50.4 Å². The summed E-state index contributed by atoms with van der Waals surface area (Å²) in [4.78, 5) is 0. The maximum atomic E-state index is 5.68. The summed E-state index contributed by atoms with van der Waals surface area (Å²) < 4.78 is 5.68. The van der Waals surface area contributed by atoms with Crippen LogP contribution in [0.4, 0.5) is 0 Å². The largest absolute Gasteiger partial charge is 0.380 e. The topological polar surface area (TPSA) is 21.3 Å². The Morgan fingerprint density at radius 2 is 2.00 bits per heavy atom. The maximum absolute atomic E-state index is 5.68. The highest BCUT2D eigenvalue weighted by Crippen LogP contribution is 2.25. The van der Waals surface area contributed by atoms with Crippen molar-refractivity contribution in [2.24, 2.45) is 5.41 Å². The second-order valence-electron chi connectivity index (χ2n) is 6.11. The summed E-state index contributed by atoms with van der Waals surface area (Å²) in [6.45, 7) is 10.5. The summed E-state index contributed by atoms with van der Waals surface area (Å²) in [5, 5.41) is 3.46. The molecule has 2 rings (SSSR count). The number of ether oxygens (including phenoxy) is 1. The van der Waals surface area contributed by atoms with Crippen molar-refractivity contribution in [3.05, 3.63) is 35.4 Å². The predicted octanol–water partition coefficient (Wildman–Crippen LogP) is 2.98. The van der Waals surface area contributed by atoms with Gasteiger partial charge in [-0.15, -0.1) is 0 Å². The summed E-state index contributed by atoms with van der Waals surface area (Å²) in [5.74, 6) is 0.609. The lowest BCUT2D eigenvalue weighted by Crippen LogP contribution is -2.34. The summed E-state index contributed by atoms with van der Waals surface area (Å²) in [6.07, 6.45) is 1.08. The Labute approximate surface area is 111 Å². The molecule has 1 N–H and O–H groups in total. The minimum absolute atomic E-state index is 0.218. The Morgan fingerprint density at radius 1 is 1.28 bits per heavy atom. The standard InChI is InChI=1S/C16H25NO/c1-13(2)15-6-4-14(5-7-15)10-16(3)11-17-8-9-18-12-16/h4-7,13,17H,8-12H2,1-3H3. The lowest BCUT2D eigenvalue weighted by atomic mass is 9.84. The van der Waals surface area contributed by atoms with Crippen LogP contribution in [0.15, 0.2) is 24.3 Å². The lowest BCUT2D eigenvalue weighted by Gasteiger charge is -2.27. The first-order chi connectivity index (χ1) is 8.59. The van der Waals surface area contributed by atoms with Gasteiger partial charge in [0.05, 0.1) is 13.2 Å². The Hall–Kier alpha value is -0.860. The molecule has 0 amide bonds. The van der Waals surface area contributed by atoms with Crippen molar-refractivity contribution in [2.75, 3.05) is 26.3 Å². The molecule has 0 aliphatic carbocycles. The first-order valence-corrected chi connectivity index (χ1v) is 6.96. The van der Waals surface area contributed by atoms with E-state index in [0.717, 1.165) is 32.7 Å². The van der Waals surface area contributed by atoms with Crippen molar-refractivity contribution < 1.29 is 4.74 Å². The molecule has 1 fully saturated rings. The first-order valence-electron chi connectivity index (χ1n) is 6.96. The van der Waals surface area contributed by atoms with Crippen LogP contribution in [0, 0.1) is 5.41 Å². The Bertz CT molecular complexity index is 361. The molecule has 1 heterocycles. The second kappa shape index (κ2) is 5.85. The van der Waals surface area contributed by atoms with Gasteiger partial charge >= 0.3 is 0 Å². The average molecular weight is 247 g/mol. The minimum Gasteiger partial charge on any atom is -0.380 e. The van der Waals surface area contributed by atoms with Gasteiger partial charge in [0, 0.05) is 18.5 Å². The molecule has 0 spiro atoms. The smallest absolute Gasteiger partial charge is 0.0591 e. The van der Waals surface area contributed by atoms with Crippen LogP contribution < -0.4 is 5.32 Å². The van der Waals surface area contributed by atoms with E-state index in [0.29, 0.717) is 5.92 Å². The minimum atomic E-state index is 0.218. The SMILES string of the molecule is CC(C)c1ccc(CC2(C)CNCCOC2)cc1. The van der Waals surface area contributed by atoms with Gasteiger partial charge in [-0.05, 0) is 23.5 Å². The fraction of sp³-hybridized carbons (Fsp3) is 0.625. The van der Waals surface area contributed by atoms with Crippen LogP contribution in [0.3, 0.4) is 0 Å². The van der Waals surface area contributed by atoms with Crippen LogP contribution in [0.5, 0.6) is 0 Å². The monoisotopic (exact) mass is 247 g/mol. The number of benzene rings is 1. The van der Waals surface area contributed by atoms with Gasteiger partial charge in [-0.3, -0.25) is 0 Å². The number of hydrogen-bond donors (Lipinski definition) is 1. The first kappa shape index (κ1) is 13.6. The summed E-state index contributed by atoms with van der Waals surface area (Å²) in [7, 11) is 0. The zero-order valence-corrected chi connectivity index (χ0v) is 11.8. The van der Waals surface area contributed by atoms with E-state index < -0.39 is 0 Å². The van der Waals surface area contributed by atoms with Gasteiger partial charge in [-0.25, -0.2) is 0 Å². The van der Waals surface area contributed by atoms with Gasteiger partial charge < -0.3 is 10.1 Å². The van der Waals surface area contributed by atoms with E-state index in [4.69, 9.17) is 4.74 Å². The quantitative estimate of drug-likeness (QED) is 0.886. The van der Waals surface area contributed by atoms with Crippen LogP contribution in [0.1, 0.15) is 37.8 Å². The van der Waals surface area contributed by atoms with Crippen LogP contribution in [0.25, 0.3) is 0 Å². The van der Waals surface area contributed by atoms with Gasteiger partial charge in [0.25, 0.3) is 0 Å². The third kappa shape index (κ3) is 3.56. The molecule has 0 radical (unpaired) electrons. The van der Waals surface area contributed by atoms with Crippen molar-refractivity contribution in [1.82, 2.24) is 5.32 Å². The van der Waals surface area contributed by atoms with E-state index >= 15 is 0 Å². The number of nitrogens with one attached hydrogen (secondary N) is 1. The average Bonchev–Trinajstić information content (AvgIpc) is 2.55. The van der Waals surface area contributed by atoms with Gasteiger partial charge in [0.15, 0.2) is 0 Å². The zero-order chi connectivity index (χ0) is 13.0. The molecular weight excluding hydrogens is 222 g/mol. The third-order valence-electron chi connectivity index (χ3n) is 3.70. The highest BCUT2D eigenvalue weighted by atomic mass is 16.5. The molecule has 1 aliphatic heterocycles. The fourth-order valence-electron chi connectivity index (χ4n) is 2.53. The number of hydrogen-bond acceptors (Lipinski definition) is 2. The summed E-state index contributed by atoms with van der Waals surface area (Å²) in [6, 6.07) is 9.06. The zero-order valence-electron chi connectivity index (χ0n) is 11.8. The predicted molar refractivity (Wildman–Crippen MR) is 76.0 cm³/mol. The van der Waals surface area contributed by atoms with Crippen LogP contribution in [0.2, 0.25) is 0 Å². The lowest BCUT2D eigenvalue weighted by molar-refractivity contribution is 0.0796. The molecule has 1 unspecified atom stereocenters. The molecular formula is C16H25NO. The molecule has 2 nitrogen and oxygen atoms in total. The number of rotatable bonds is 3. The Balaban J connectivity index is 2.03. The molecule has 1 atom stereocenters. The Kier molecular flexibility index (Phi) is 4.41. The second-order valence-corrected chi connectivity index (χ2v) is 6.11. The van der Waals surface area contributed by atoms with Crippen LogP contribution >= 0.6 is 0 Å². The molecule has 0 bridgehead atoms. The van der Waals surface area contributed by atoms with E-state index in [-0.39, 0.29) is 5.41 Å². The van der Waals surface area contributed by atoms with Gasteiger partial charge in [-0.2, -0.15) is 0 Å². The normalized spacial score (nSPS) is 25.1. The highest BCUT2D eigenvalue weighted by molar-refractivity contribution is 5.25. The molecule has 0 aromatic heterocycles. The summed E-state index contributed by atoms with van der Waals surface area (Å²) >= 11 is 0. The van der Waals surface area contributed by atoms with Crippen LogP contribution in [-0.4, -0.2) is 26.3 Å². The van der Waals surface area contributed by atoms with Crippen LogP contribution in [-0.2, 0) is 11.2 Å². The highest BCUT2D eigenvalue weighted by Gasteiger charge is 2.26. The summed E-state index contributed by atoms with van der Waals surface area (Å²) in [5.41, 5.74) is 3.05. The molecule has 1 aromatic rings. The molecule has 18 heavy (non-hydrogen) atoms. The van der Waals surface area contributed by atoms with Crippen molar-refractivity contribution >= 4 is 0 Å². The van der Waals surface area contributed by atoms with Crippen molar-refractivity contribution in [1.29, 1.82) is 0 Å². The van der Waals surface area contributed by atoms with Crippen molar-refractivity contribution in [2.45, 2.75) is 33.1 Å². The maximum Gasteiger partial charge on any atom is 0.0591 e. The molecule has 100 valence electrons. The molecule has 1 aliphatic rings. The van der Waals surface area contributed by atoms with Gasteiger partial charge in [0.2, 0.25) is 0 Å². The van der Waals surface area contributed by atoms with E-state index in [1.54, 1.807) is 0 Å². The van der Waals surface area contributed by atoms with Gasteiger partial charge in [0.1, 0.15) is 0 Å². The molecule has 0 saturated carbocycles. The third-order valence-corrected chi connectivity index (χ3v) is 3.70. The van der Waals surface area contributed by atoms with E-state index in [9.17, 15) is 0 Å². The van der Waals surface area contributed by atoms with Crippen molar-refractivity contribution in [3.63, 3.8) is 0 Å². The fourth-order valence-corrected chi connectivity index (χ4v) is 2.53. The molecule has 2 heteroatoms. The molecule has 1 aromatic carbocycles. The van der Waals surface area contributed by atoms with E-state index in [1.807, 2.05) is 0 Å². The Morgan fingerprint density at radius 3 is 2.67 bits per heavy atom. The van der Waals surface area contributed by atoms with Gasteiger partial charge in [-0.1, -0.05) is 45.0 Å².